The molecule has 5 N–H and O–H groups in total. The Labute approximate surface area is 106 Å². The van der Waals surface area contributed by atoms with Crippen molar-refractivity contribution < 1.29 is 0 Å². The van der Waals surface area contributed by atoms with Crippen molar-refractivity contribution in [3.05, 3.63) is 34.1 Å². The summed E-state index contributed by atoms with van der Waals surface area (Å²) in [5.74, 6) is 1.69. The van der Waals surface area contributed by atoms with Crippen molar-refractivity contribution in [3.8, 4) is 0 Å². The maximum Gasteiger partial charge on any atom is 0.349 e. The van der Waals surface area contributed by atoms with Gasteiger partial charge >= 0.3 is 5.69 Å². The molecule has 0 bridgehead atoms. The van der Waals surface area contributed by atoms with Gasteiger partial charge in [-0.1, -0.05) is 0 Å². The Kier molecular flexibility index (Phi) is 2.44. The summed E-state index contributed by atoms with van der Waals surface area (Å²) in [6.07, 6.45) is 1.65. The van der Waals surface area contributed by atoms with Gasteiger partial charge in [0.1, 0.15) is 17.5 Å². The average Bonchev–Trinajstić information content (AvgIpc) is 2.94. The van der Waals surface area contributed by atoms with E-state index in [9.17, 15) is 4.79 Å². The van der Waals surface area contributed by atoms with E-state index in [-0.39, 0.29) is 5.69 Å². The average molecular weight is 260 g/mol. The van der Waals surface area contributed by atoms with Gasteiger partial charge in [-0.15, -0.1) is 0 Å². The Balaban J connectivity index is 1.90. The molecule has 0 spiro atoms. The van der Waals surface area contributed by atoms with Gasteiger partial charge in [0.25, 0.3) is 0 Å². The van der Waals surface area contributed by atoms with Crippen molar-refractivity contribution in [2.45, 2.75) is 13.5 Å². The van der Waals surface area contributed by atoms with Crippen molar-refractivity contribution in [2.75, 3.05) is 11.1 Å². The molecule has 9 nitrogen and oxygen atoms in total. The van der Waals surface area contributed by atoms with Crippen molar-refractivity contribution in [2.24, 2.45) is 0 Å². The van der Waals surface area contributed by atoms with Gasteiger partial charge in [-0.05, 0) is 6.92 Å². The molecule has 0 aliphatic carbocycles. The molecule has 3 heterocycles. The van der Waals surface area contributed by atoms with Crippen LogP contribution in [0.3, 0.4) is 0 Å². The van der Waals surface area contributed by atoms with E-state index in [0.717, 1.165) is 5.56 Å². The van der Waals surface area contributed by atoms with E-state index >= 15 is 0 Å². The van der Waals surface area contributed by atoms with E-state index in [1.165, 1.54) is 4.40 Å². The first-order chi connectivity index (χ1) is 9.15. The van der Waals surface area contributed by atoms with Gasteiger partial charge in [0.15, 0.2) is 5.65 Å². The Morgan fingerprint density at radius 1 is 1.47 bits per heavy atom. The predicted molar refractivity (Wildman–Crippen MR) is 68.7 cm³/mol. The summed E-state index contributed by atoms with van der Waals surface area (Å²) in [5.41, 5.74) is 6.75. The molecule has 0 radical (unpaired) electrons. The molecule has 98 valence electrons. The fraction of sp³-hybridized carbons (Fsp3) is 0.200. The topological polar surface area (TPSA) is 130 Å². The fourth-order valence-electron chi connectivity index (χ4n) is 1.84. The molecule has 0 aliphatic rings. The molecule has 3 rings (SSSR count). The summed E-state index contributed by atoms with van der Waals surface area (Å²) in [6.45, 7) is 2.22. The lowest BCUT2D eigenvalue weighted by molar-refractivity contribution is 0.931. The molecular weight excluding hydrogens is 248 g/mol. The van der Waals surface area contributed by atoms with Gasteiger partial charge in [0.05, 0.1) is 6.20 Å². The molecule has 3 aromatic heterocycles. The molecular formula is C10H12N8O. The van der Waals surface area contributed by atoms with E-state index in [4.69, 9.17) is 5.73 Å². The standard InChI is InChI=1S/C10H12N8O/c1-5-14-7(2-8-15-17-10(19)18(5)8)12-3-6-4-13-16-9(6)11/h2,4,12H,3H2,1H3,(H,17,19)(H3,11,13,16). The first kappa shape index (κ1) is 11.3. The van der Waals surface area contributed by atoms with Crippen molar-refractivity contribution in [1.29, 1.82) is 0 Å². The second-order valence-electron chi connectivity index (χ2n) is 4.07. The smallest absolute Gasteiger partial charge is 0.349 e. The van der Waals surface area contributed by atoms with Crippen LogP contribution in [0, 0.1) is 6.92 Å². The number of aryl methyl sites for hydroxylation is 1. The number of fused-ring (bicyclic) bond motifs is 1. The zero-order chi connectivity index (χ0) is 13.4. The zero-order valence-electron chi connectivity index (χ0n) is 10.1. The second kappa shape index (κ2) is 4.12. The third-order valence-corrected chi connectivity index (χ3v) is 2.78. The summed E-state index contributed by atoms with van der Waals surface area (Å²) in [7, 11) is 0. The third-order valence-electron chi connectivity index (χ3n) is 2.78. The molecule has 3 aromatic rings. The number of H-pyrrole nitrogens is 2. The summed E-state index contributed by atoms with van der Waals surface area (Å²) in [6, 6.07) is 1.68. The number of nitrogens with two attached hydrogens (primary N) is 1. The van der Waals surface area contributed by atoms with E-state index in [1.807, 2.05) is 0 Å². The van der Waals surface area contributed by atoms with Gasteiger partial charge in [0, 0.05) is 18.2 Å². The van der Waals surface area contributed by atoms with Gasteiger partial charge in [-0.3, -0.25) is 5.10 Å². The minimum Gasteiger partial charge on any atom is -0.384 e. The van der Waals surface area contributed by atoms with Crippen LogP contribution in [0.4, 0.5) is 11.6 Å². The molecule has 0 amide bonds. The lowest BCUT2D eigenvalue weighted by Gasteiger charge is -2.06. The van der Waals surface area contributed by atoms with Crippen LogP contribution in [0.1, 0.15) is 11.4 Å². The molecule has 0 unspecified atom stereocenters. The van der Waals surface area contributed by atoms with Crippen molar-refractivity contribution in [3.63, 3.8) is 0 Å². The van der Waals surface area contributed by atoms with Crippen LogP contribution in [-0.4, -0.2) is 29.8 Å². The predicted octanol–water partition coefficient (Wildman–Crippen LogP) is -0.357. The molecule has 0 aromatic carbocycles. The minimum absolute atomic E-state index is 0.300. The number of anilines is 2. The number of nitrogen functional groups attached to an aromatic ring is 1. The van der Waals surface area contributed by atoms with Crippen molar-refractivity contribution in [1.82, 2.24) is 29.8 Å². The molecule has 0 saturated carbocycles. The summed E-state index contributed by atoms with van der Waals surface area (Å²) in [4.78, 5) is 15.7. The highest BCUT2D eigenvalue weighted by atomic mass is 16.1. The Bertz CT molecular complexity index is 782. The van der Waals surface area contributed by atoms with Crippen LogP contribution in [0.5, 0.6) is 0 Å². The number of nitrogens with zero attached hydrogens (tertiary/aromatic N) is 4. The van der Waals surface area contributed by atoms with Crippen LogP contribution in [0.2, 0.25) is 0 Å². The highest BCUT2D eigenvalue weighted by Crippen LogP contribution is 2.11. The lowest BCUT2D eigenvalue weighted by atomic mass is 10.3. The maximum atomic E-state index is 11.5. The van der Waals surface area contributed by atoms with E-state index in [0.29, 0.717) is 29.7 Å². The minimum atomic E-state index is -0.300. The quantitative estimate of drug-likeness (QED) is 0.509. The first-order valence-corrected chi connectivity index (χ1v) is 5.61. The van der Waals surface area contributed by atoms with E-state index in [2.05, 4.69) is 30.7 Å². The SMILES string of the molecule is Cc1nc(NCc2cn[nH]c2N)cc2n[nH]c(=O)n12. The largest absolute Gasteiger partial charge is 0.384 e. The molecule has 19 heavy (non-hydrogen) atoms. The third kappa shape index (κ3) is 1.90. The number of hydrogen-bond donors (Lipinski definition) is 4. The molecule has 0 fully saturated rings. The lowest BCUT2D eigenvalue weighted by Crippen LogP contribution is -2.14. The molecule has 0 saturated heterocycles. The Hall–Kier alpha value is -2.84. The molecule has 0 atom stereocenters. The molecule has 0 aliphatic heterocycles. The normalized spacial score (nSPS) is 11.0. The number of aromatic amines is 2. The van der Waals surface area contributed by atoms with Crippen LogP contribution in [-0.2, 0) is 6.54 Å². The van der Waals surface area contributed by atoms with Gasteiger partial charge < -0.3 is 11.1 Å². The van der Waals surface area contributed by atoms with E-state index < -0.39 is 0 Å². The second-order valence-corrected chi connectivity index (χ2v) is 4.07. The van der Waals surface area contributed by atoms with E-state index in [1.54, 1.807) is 19.2 Å². The van der Waals surface area contributed by atoms with Gasteiger partial charge in [0.2, 0.25) is 0 Å². The summed E-state index contributed by atoms with van der Waals surface area (Å²) in [5, 5.41) is 15.9. The van der Waals surface area contributed by atoms with Crippen molar-refractivity contribution >= 4 is 17.3 Å². The van der Waals surface area contributed by atoms with Gasteiger partial charge in [-0.25, -0.2) is 19.3 Å². The monoisotopic (exact) mass is 260 g/mol. The first-order valence-electron chi connectivity index (χ1n) is 5.61. The molecule has 9 heteroatoms. The number of hydrogen-bond acceptors (Lipinski definition) is 6. The Morgan fingerprint density at radius 3 is 3.05 bits per heavy atom. The van der Waals surface area contributed by atoms with Crippen LogP contribution in [0.25, 0.3) is 5.65 Å². The number of rotatable bonds is 3. The highest BCUT2D eigenvalue weighted by Gasteiger charge is 2.07. The van der Waals surface area contributed by atoms with Crippen LogP contribution >= 0.6 is 0 Å². The van der Waals surface area contributed by atoms with Crippen LogP contribution in [0.15, 0.2) is 17.1 Å². The van der Waals surface area contributed by atoms with Crippen LogP contribution < -0.4 is 16.7 Å². The number of nitrogens with one attached hydrogen (secondary N) is 3. The highest BCUT2D eigenvalue weighted by molar-refractivity contribution is 5.50. The zero-order valence-corrected chi connectivity index (χ0v) is 10.1. The fourth-order valence-corrected chi connectivity index (χ4v) is 1.84. The van der Waals surface area contributed by atoms with Gasteiger partial charge in [-0.2, -0.15) is 10.2 Å². The Morgan fingerprint density at radius 2 is 2.32 bits per heavy atom. The summed E-state index contributed by atoms with van der Waals surface area (Å²) < 4.78 is 1.40. The summed E-state index contributed by atoms with van der Waals surface area (Å²) >= 11 is 0. The number of aromatic nitrogens is 6. The maximum absolute atomic E-state index is 11.5.